The van der Waals surface area contributed by atoms with Crippen LogP contribution in [0, 0.1) is 17.1 Å². The highest BCUT2D eigenvalue weighted by Gasteiger charge is 2.07. The maximum Gasteiger partial charge on any atom is 0.335 e. The number of carboxylic acid groups (broad SMARTS) is 1. The van der Waals surface area contributed by atoms with Crippen molar-refractivity contribution in [3.05, 3.63) is 59.4 Å². The first-order valence-corrected chi connectivity index (χ1v) is 5.14. The predicted octanol–water partition coefficient (Wildman–Crippen LogP) is 3.06. The van der Waals surface area contributed by atoms with E-state index in [1.807, 2.05) is 6.07 Å². The molecule has 4 heteroatoms. The number of benzene rings is 2. The van der Waals surface area contributed by atoms with E-state index in [1.165, 1.54) is 24.3 Å². The van der Waals surface area contributed by atoms with Crippen LogP contribution in [0.5, 0.6) is 0 Å². The van der Waals surface area contributed by atoms with Crippen molar-refractivity contribution in [2.45, 2.75) is 0 Å². The lowest BCUT2D eigenvalue weighted by atomic mass is 10.0. The van der Waals surface area contributed by atoms with Gasteiger partial charge in [-0.05, 0) is 41.5 Å². The summed E-state index contributed by atoms with van der Waals surface area (Å²) < 4.78 is 13.3. The minimum atomic E-state index is -1.05. The third-order valence-corrected chi connectivity index (χ3v) is 2.47. The summed E-state index contributed by atoms with van der Waals surface area (Å²) in [6, 6.07) is 11.9. The van der Waals surface area contributed by atoms with Gasteiger partial charge in [0.2, 0.25) is 0 Å². The molecule has 0 aromatic heterocycles. The van der Waals surface area contributed by atoms with Gasteiger partial charge >= 0.3 is 5.97 Å². The molecule has 0 unspecified atom stereocenters. The maximum absolute atomic E-state index is 13.3. The molecule has 3 nitrogen and oxygen atoms in total. The quantitative estimate of drug-likeness (QED) is 0.878. The fourth-order valence-corrected chi connectivity index (χ4v) is 1.65. The van der Waals surface area contributed by atoms with Crippen LogP contribution in [0.15, 0.2) is 42.5 Å². The Hall–Kier alpha value is -2.67. The Morgan fingerprint density at radius 2 is 1.94 bits per heavy atom. The molecular weight excluding hydrogens is 233 g/mol. The van der Waals surface area contributed by atoms with Crippen LogP contribution in [0.2, 0.25) is 0 Å². The van der Waals surface area contributed by atoms with Crippen LogP contribution in [0.3, 0.4) is 0 Å². The summed E-state index contributed by atoms with van der Waals surface area (Å²) in [7, 11) is 0. The van der Waals surface area contributed by atoms with Crippen molar-refractivity contribution in [1.29, 1.82) is 5.26 Å². The van der Waals surface area contributed by atoms with Crippen LogP contribution in [0.4, 0.5) is 4.39 Å². The number of carboxylic acids is 1. The molecule has 2 aromatic carbocycles. The SMILES string of the molecule is N#Cc1cc(F)cc(-c2cccc(C(=O)O)c2)c1. The molecule has 0 aliphatic rings. The molecule has 0 atom stereocenters. The van der Waals surface area contributed by atoms with Gasteiger partial charge in [-0.3, -0.25) is 0 Å². The second-order valence-electron chi connectivity index (χ2n) is 3.73. The summed E-state index contributed by atoms with van der Waals surface area (Å²) in [5.41, 5.74) is 1.36. The molecule has 0 amide bonds. The minimum Gasteiger partial charge on any atom is -0.478 e. The topological polar surface area (TPSA) is 61.1 Å². The largest absolute Gasteiger partial charge is 0.478 e. The lowest BCUT2D eigenvalue weighted by Gasteiger charge is -2.04. The van der Waals surface area contributed by atoms with Gasteiger partial charge in [0.05, 0.1) is 17.2 Å². The van der Waals surface area contributed by atoms with Crippen molar-refractivity contribution >= 4 is 5.97 Å². The van der Waals surface area contributed by atoms with Gasteiger partial charge in [0.15, 0.2) is 0 Å². The Balaban J connectivity index is 2.55. The van der Waals surface area contributed by atoms with E-state index in [-0.39, 0.29) is 11.1 Å². The average Bonchev–Trinajstić information content (AvgIpc) is 2.38. The normalized spacial score (nSPS) is 9.78. The Labute approximate surface area is 103 Å². The van der Waals surface area contributed by atoms with Crippen LogP contribution in [0.1, 0.15) is 15.9 Å². The average molecular weight is 241 g/mol. The molecule has 1 N–H and O–H groups in total. The number of rotatable bonds is 2. The van der Waals surface area contributed by atoms with Crippen molar-refractivity contribution in [1.82, 2.24) is 0 Å². The first-order chi connectivity index (χ1) is 8.60. The number of hydrogen-bond acceptors (Lipinski definition) is 2. The molecule has 18 heavy (non-hydrogen) atoms. The van der Waals surface area contributed by atoms with Crippen molar-refractivity contribution in [2.75, 3.05) is 0 Å². The fraction of sp³-hybridized carbons (Fsp3) is 0. The lowest BCUT2D eigenvalue weighted by Crippen LogP contribution is -1.95. The van der Waals surface area contributed by atoms with Crippen molar-refractivity contribution in [3.63, 3.8) is 0 Å². The molecule has 2 rings (SSSR count). The van der Waals surface area contributed by atoms with Crippen molar-refractivity contribution in [3.8, 4) is 17.2 Å². The Bertz CT molecular complexity index is 659. The molecule has 0 spiro atoms. The van der Waals surface area contributed by atoms with Crippen LogP contribution < -0.4 is 0 Å². The van der Waals surface area contributed by atoms with E-state index in [1.54, 1.807) is 12.1 Å². The first-order valence-electron chi connectivity index (χ1n) is 5.14. The monoisotopic (exact) mass is 241 g/mol. The van der Waals surface area contributed by atoms with E-state index in [4.69, 9.17) is 10.4 Å². The predicted molar refractivity (Wildman–Crippen MR) is 63.5 cm³/mol. The first kappa shape index (κ1) is 11.8. The number of hydrogen-bond donors (Lipinski definition) is 1. The van der Waals surface area contributed by atoms with Gasteiger partial charge in [0.1, 0.15) is 5.82 Å². The second-order valence-corrected chi connectivity index (χ2v) is 3.73. The van der Waals surface area contributed by atoms with E-state index >= 15 is 0 Å². The van der Waals surface area contributed by atoms with Crippen molar-refractivity contribution in [2.24, 2.45) is 0 Å². The van der Waals surface area contributed by atoms with E-state index < -0.39 is 11.8 Å². The summed E-state index contributed by atoms with van der Waals surface area (Å²) in [5, 5.41) is 17.7. The molecule has 2 aromatic rings. The summed E-state index contributed by atoms with van der Waals surface area (Å²) in [6.45, 7) is 0. The number of carbonyl (C=O) groups is 1. The third kappa shape index (κ3) is 2.36. The van der Waals surface area contributed by atoms with Gasteiger partial charge in [-0.1, -0.05) is 12.1 Å². The molecule has 0 radical (unpaired) electrons. The number of halogens is 1. The third-order valence-electron chi connectivity index (χ3n) is 2.47. The summed E-state index contributed by atoms with van der Waals surface area (Å²) in [4.78, 5) is 10.8. The summed E-state index contributed by atoms with van der Waals surface area (Å²) >= 11 is 0. The zero-order valence-corrected chi connectivity index (χ0v) is 9.22. The van der Waals surface area contributed by atoms with Crippen LogP contribution in [-0.2, 0) is 0 Å². The Morgan fingerprint density at radius 1 is 1.17 bits per heavy atom. The lowest BCUT2D eigenvalue weighted by molar-refractivity contribution is 0.0697. The Morgan fingerprint density at radius 3 is 2.61 bits per heavy atom. The van der Waals surface area contributed by atoms with Gasteiger partial charge in [0.25, 0.3) is 0 Å². The molecule has 0 heterocycles. The zero-order valence-electron chi connectivity index (χ0n) is 9.22. The molecule has 0 fully saturated rings. The van der Waals surface area contributed by atoms with Gasteiger partial charge in [-0.2, -0.15) is 5.26 Å². The van der Waals surface area contributed by atoms with Gasteiger partial charge in [-0.15, -0.1) is 0 Å². The smallest absolute Gasteiger partial charge is 0.335 e. The standard InChI is InChI=1S/C14H8FNO2/c15-13-5-9(8-16)4-12(7-13)10-2-1-3-11(6-10)14(17)18/h1-7H,(H,17,18). The highest BCUT2D eigenvalue weighted by molar-refractivity contribution is 5.89. The van der Waals surface area contributed by atoms with E-state index in [0.717, 1.165) is 6.07 Å². The molecule has 88 valence electrons. The van der Waals surface area contributed by atoms with Crippen LogP contribution >= 0.6 is 0 Å². The molecule has 0 saturated carbocycles. The molecule has 0 aliphatic heterocycles. The molecule has 0 saturated heterocycles. The van der Waals surface area contributed by atoms with E-state index in [2.05, 4.69) is 0 Å². The van der Waals surface area contributed by atoms with Gasteiger partial charge in [0, 0.05) is 0 Å². The van der Waals surface area contributed by atoms with Crippen molar-refractivity contribution < 1.29 is 14.3 Å². The highest BCUT2D eigenvalue weighted by atomic mass is 19.1. The van der Waals surface area contributed by atoms with Crippen LogP contribution in [-0.4, -0.2) is 11.1 Å². The number of aromatic carboxylic acids is 1. The second kappa shape index (κ2) is 4.68. The minimum absolute atomic E-state index is 0.121. The van der Waals surface area contributed by atoms with Crippen LogP contribution in [0.25, 0.3) is 11.1 Å². The van der Waals surface area contributed by atoms with E-state index in [0.29, 0.717) is 11.1 Å². The fourth-order valence-electron chi connectivity index (χ4n) is 1.65. The highest BCUT2D eigenvalue weighted by Crippen LogP contribution is 2.23. The molecule has 0 bridgehead atoms. The maximum atomic E-state index is 13.3. The summed E-state index contributed by atoms with van der Waals surface area (Å²) in [5.74, 6) is -1.57. The number of nitriles is 1. The Kier molecular flexibility index (Phi) is 3.07. The molecule has 0 aliphatic carbocycles. The zero-order chi connectivity index (χ0) is 13.1. The molecular formula is C14H8FNO2. The van der Waals surface area contributed by atoms with Gasteiger partial charge in [-0.25, -0.2) is 9.18 Å². The number of nitrogens with zero attached hydrogens (tertiary/aromatic N) is 1. The van der Waals surface area contributed by atoms with E-state index in [9.17, 15) is 9.18 Å². The summed E-state index contributed by atoms with van der Waals surface area (Å²) in [6.07, 6.45) is 0. The van der Waals surface area contributed by atoms with Gasteiger partial charge < -0.3 is 5.11 Å².